The lowest BCUT2D eigenvalue weighted by Gasteiger charge is -2.08. The molecule has 0 saturated heterocycles. The number of para-hydroxylation sites is 1. The smallest absolute Gasteiger partial charge is 0.274 e. The van der Waals surface area contributed by atoms with E-state index >= 15 is 0 Å². The van der Waals surface area contributed by atoms with E-state index in [1.54, 1.807) is 30.6 Å². The minimum Gasteiger partial charge on any atom is -0.381 e. The second-order valence-electron chi connectivity index (χ2n) is 4.94. The molecule has 6 heteroatoms. The van der Waals surface area contributed by atoms with Crippen molar-refractivity contribution in [2.45, 2.75) is 6.54 Å². The highest BCUT2D eigenvalue weighted by Gasteiger charge is 2.11. The van der Waals surface area contributed by atoms with E-state index in [1.807, 2.05) is 24.3 Å². The number of aromatic nitrogens is 2. The Balaban J connectivity index is 1.71. The first-order valence-corrected chi connectivity index (χ1v) is 7.05. The molecule has 1 aromatic heterocycles. The van der Waals surface area contributed by atoms with Crippen LogP contribution >= 0.6 is 0 Å². The van der Waals surface area contributed by atoms with Gasteiger partial charge in [0.1, 0.15) is 6.33 Å². The van der Waals surface area contributed by atoms with E-state index in [9.17, 15) is 10.1 Å². The first-order chi connectivity index (χ1) is 11.2. The summed E-state index contributed by atoms with van der Waals surface area (Å²) in [6.07, 6.45) is 5.00. The summed E-state index contributed by atoms with van der Waals surface area (Å²) in [7, 11) is 0. The van der Waals surface area contributed by atoms with Gasteiger partial charge in [0.25, 0.3) is 5.69 Å². The van der Waals surface area contributed by atoms with Gasteiger partial charge in [-0.05, 0) is 17.7 Å². The van der Waals surface area contributed by atoms with Gasteiger partial charge in [0, 0.05) is 41.8 Å². The quantitative estimate of drug-likeness (QED) is 0.574. The molecule has 0 spiro atoms. The normalized spacial score (nSPS) is 10.3. The number of nitro groups is 1. The predicted molar refractivity (Wildman–Crippen MR) is 87.9 cm³/mol. The molecule has 0 atom stereocenters. The Morgan fingerprint density at radius 1 is 0.957 bits per heavy atom. The molecule has 0 bridgehead atoms. The topological polar surface area (TPSA) is 81.0 Å². The van der Waals surface area contributed by atoms with E-state index in [2.05, 4.69) is 15.3 Å². The lowest BCUT2D eigenvalue weighted by molar-refractivity contribution is -0.385. The Hall–Kier alpha value is -3.28. The summed E-state index contributed by atoms with van der Waals surface area (Å²) in [5.41, 5.74) is 3.62. The van der Waals surface area contributed by atoms with Crippen molar-refractivity contribution in [3.63, 3.8) is 0 Å². The zero-order chi connectivity index (χ0) is 16.1. The molecular formula is C17H14N4O2. The van der Waals surface area contributed by atoms with Crippen LogP contribution in [0, 0.1) is 10.1 Å². The van der Waals surface area contributed by atoms with Gasteiger partial charge in [-0.15, -0.1) is 0 Å². The highest BCUT2D eigenvalue weighted by atomic mass is 16.6. The lowest BCUT2D eigenvalue weighted by atomic mass is 10.1. The first-order valence-electron chi connectivity index (χ1n) is 7.05. The number of hydrogen-bond donors (Lipinski definition) is 1. The third kappa shape index (κ3) is 3.49. The zero-order valence-corrected chi connectivity index (χ0v) is 12.2. The van der Waals surface area contributed by atoms with Crippen molar-refractivity contribution in [3.8, 4) is 11.1 Å². The van der Waals surface area contributed by atoms with Crippen LogP contribution in [0.3, 0.4) is 0 Å². The molecular weight excluding hydrogens is 292 g/mol. The molecule has 0 unspecified atom stereocenters. The van der Waals surface area contributed by atoms with Crippen molar-refractivity contribution in [2.24, 2.45) is 0 Å². The highest BCUT2D eigenvalue weighted by molar-refractivity contribution is 5.64. The summed E-state index contributed by atoms with van der Waals surface area (Å²) < 4.78 is 0. The van der Waals surface area contributed by atoms with Gasteiger partial charge in [-0.1, -0.05) is 30.3 Å². The molecule has 6 nitrogen and oxygen atoms in total. The standard InChI is InChI=1S/C17H14N4O2/c22-21(23)17-4-2-1-3-14(17)11-20-16-7-5-13(6-8-16)15-9-18-12-19-10-15/h1-10,12,20H,11H2. The van der Waals surface area contributed by atoms with Crippen LogP contribution in [0.1, 0.15) is 5.56 Å². The maximum atomic E-state index is 11.0. The van der Waals surface area contributed by atoms with Crippen LogP contribution in [0.4, 0.5) is 11.4 Å². The van der Waals surface area contributed by atoms with Gasteiger partial charge in [0.05, 0.1) is 4.92 Å². The van der Waals surface area contributed by atoms with Crippen LogP contribution in [-0.2, 0) is 6.54 Å². The molecule has 0 amide bonds. The second kappa shape index (κ2) is 6.65. The minimum atomic E-state index is -0.366. The maximum absolute atomic E-state index is 11.0. The lowest BCUT2D eigenvalue weighted by Crippen LogP contribution is -2.02. The third-order valence-electron chi connectivity index (χ3n) is 3.45. The van der Waals surface area contributed by atoms with E-state index in [0.29, 0.717) is 12.1 Å². The molecule has 0 radical (unpaired) electrons. The van der Waals surface area contributed by atoms with Crippen molar-refractivity contribution in [3.05, 3.63) is 82.9 Å². The molecule has 0 aliphatic rings. The molecule has 2 aromatic carbocycles. The van der Waals surface area contributed by atoms with E-state index in [-0.39, 0.29) is 10.6 Å². The van der Waals surface area contributed by atoms with E-state index in [0.717, 1.165) is 16.8 Å². The van der Waals surface area contributed by atoms with Crippen LogP contribution < -0.4 is 5.32 Å². The summed E-state index contributed by atoms with van der Waals surface area (Å²) in [4.78, 5) is 18.6. The number of benzene rings is 2. The van der Waals surface area contributed by atoms with Gasteiger partial charge < -0.3 is 5.32 Å². The van der Waals surface area contributed by atoms with Crippen molar-refractivity contribution in [1.29, 1.82) is 0 Å². The Morgan fingerprint density at radius 2 is 1.65 bits per heavy atom. The maximum Gasteiger partial charge on any atom is 0.274 e. The van der Waals surface area contributed by atoms with Crippen molar-refractivity contribution >= 4 is 11.4 Å². The molecule has 0 aliphatic heterocycles. The number of rotatable bonds is 5. The van der Waals surface area contributed by atoms with Crippen molar-refractivity contribution in [2.75, 3.05) is 5.32 Å². The largest absolute Gasteiger partial charge is 0.381 e. The monoisotopic (exact) mass is 306 g/mol. The summed E-state index contributed by atoms with van der Waals surface area (Å²) >= 11 is 0. The fraction of sp³-hybridized carbons (Fsp3) is 0.0588. The zero-order valence-electron chi connectivity index (χ0n) is 12.2. The van der Waals surface area contributed by atoms with Gasteiger partial charge in [0.2, 0.25) is 0 Å². The van der Waals surface area contributed by atoms with Crippen LogP contribution in [0.15, 0.2) is 67.3 Å². The number of nitrogens with one attached hydrogen (secondary N) is 1. The van der Waals surface area contributed by atoms with Gasteiger partial charge in [-0.25, -0.2) is 9.97 Å². The molecule has 23 heavy (non-hydrogen) atoms. The average molecular weight is 306 g/mol. The highest BCUT2D eigenvalue weighted by Crippen LogP contribution is 2.22. The molecule has 0 aliphatic carbocycles. The Bertz CT molecular complexity index is 804. The van der Waals surface area contributed by atoms with Gasteiger partial charge >= 0.3 is 0 Å². The molecule has 114 valence electrons. The molecule has 1 heterocycles. The van der Waals surface area contributed by atoms with Gasteiger partial charge in [-0.3, -0.25) is 10.1 Å². The number of nitrogens with zero attached hydrogens (tertiary/aromatic N) is 3. The molecule has 1 N–H and O–H groups in total. The fourth-order valence-electron chi connectivity index (χ4n) is 2.26. The van der Waals surface area contributed by atoms with Crippen LogP contribution in [0.5, 0.6) is 0 Å². The van der Waals surface area contributed by atoms with Gasteiger partial charge in [0.15, 0.2) is 0 Å². The van der Waals surface area contributed by atoms with E-state index in [1.165, 1.54) is 12.4 Å². The number of nitro benzene ring substituents is 1. The molecule has 0 fully saturated rings. The first kappa shape index (κ1) is 14.6. The third-order valence-corrected chi connectivity index (χ3v) is 3.45. The van der Waals surface area contributed by atoms with Crippen LogP contribution in [-0.4, -0.2) is 14.9 Å². The molecule has 3 aromatic rings. The average Bonchev–Trinajstić information content (AvgIpc) is 2.61. The summed E-state index contributed by atoms with van der Waals surface area (Å²) in [5.74, 6) is 0. The van der Waals surface area contributed by atoms with Crippen molar-refractivity contribution in [1.82, 2.24) is 9.97 Å². The van der Waals surface area contributed by atoms with Crippen LogP contribution in [0.25, 0.3) is 11.1 Å². The van der Waals surface area contributed by atoms with Crippen LogP contribution in [0.2, 0.25) is 0 Å². The fourth-order valence-corrected chi connectivity index (χ4v) is 2.26. The van der Waals surface area contributed by atoms with Gasteiger partial charge in [-0.2, -0.15) is 0 Å². The number of anilines is 1. The van der Waals surface area contributed by atoms with E-state index < -0.39 is 0 Å². The molecule has 0 saturated carbocycles. The van der Waals surface area contributed by atoms with Crippen molar-refractivity contribution < 1.29 is 4.92 Å². The Morgan fingerprint density at radius 3 is 2.35 bits per heavy atom. The second-order valence-corrected chi connectivity index (χ2v) is 4.94. The minimum absolute atomic E-state index is 0.123. The predicted octanol–water partition coefficient (Wildman–Crippen LogP) is 3.66. The summed E-state index contributed by atoms with van der Waals surface area (Å²) in [5, 5.41) is 14.2. The Kier molecular flexibility index (Phi) is 4.24. The summed E-state index contributed by atoms with van der Waals surface area (Å²) in [6.45, 7) is 0.394. The molecule has 3 rings (SSSR count). The summed E-state index contributed by atoms with van der Waals surface area (Å²) in [6, 6.07) is 14.5. The number of hydrogen-bond acceptors (Lipinski definition) is 5. The van der Waals surface area contributed by atoms with E-state index in [4.69, 9.17) is 0 Å². The SMILES string of the molecule is O=[N+]([O-])c1ccccc1CNc1ccc(-c2cncnc2)cc1. The Labute approximate surface area is 133 Å².